The van der Waals surface area contributed by atoms with Crippen molar-refractivity contribution in [2.24, 2.45) is 5.73 Å². The Morgan fingerprint density at radius 1 is 1.59 bits per heavy atom. The van der Waals surface area contributed by atoms with Crippen LogP contribution >= 0.6 is 11.6 Å². The fourth-order valence-corrected chi connectivity index (χ4v) is 2.00. The molecule has 0 saturated heterocycles. The number of rotatable bonds is 6. The van der Waals surface area contributed by atoms with Crippen molar-refractivity contribution >= 4 is 11.6 Å². The van der Waals surface area contributed by atoms with E-state index in [1.165, 1.54) is 0 Å². The molecule has 0 bridgehead atoms. The van der Waals surface area contributed by atoms with Gasteiger partial charge in [-0.2, -0.15) is 0 Å². The Balaban J connectivity index is 2.95. The number of halogens is 2. The third kappa shape index (κ3) is 3.53. The number of nitrogens with two attached hydrogens (primary N) is 1. The average molecular weight is 257 g/mol. The van der Waals surface area contributed by atoms with Crippen molar-refractivity contribution in [1.29, 1.82) is 0 Å². The van der Waals surface area contributed by atoms with E-state index in [2.05, 4.69) is 11.5 Å². The van der Waals surface area contributed by atoms with Gasteiger partial charge in [0.15, 0.2) is 0 Å². The molecule has 0 amide bonds. The van der Waals surface area contributed by atoms with Crippen molar-refractivity contribution in [3.05, 3.63) is 47.3 Å². The average Bonchev–Trinajstić information content (AvgIpc) is 2.31. The molecule has 1 aromatic carbocycles. The summed E-state index contributed by atoms with van der Waals surface area (Å²) in [4.78, 5) is 2.06. The van der Waals surface area contributed by atoms with Crippen LogP contribution in [0.1, 0.15) is 18.5 Å². The largest absolute Gasteiger partial charge is 0.329 e. The van der Waals surface area contributed by atoms with Gasteiger partial charge < -0.3 is 5.73 Å². The van der Waals surface area contributed by atoms with Crippen LogP contribution in [0, 0.1) is 5.82 Å². The van der Waals surface area contributed by atoms with Crippen LogP contribution in [0.2, 0.25) is 5.02 Å². The molecular weight excluding hydrogens is 239 g/mol. The normalized spacial score (nSPS) is 12.8. The summed E-state index contributed by atoms with van der Waals surface area (Å²) >= 11 is 5.78. The third-order valence-electron chi connectivity index (χ3n) is 2.76. The van der Waals surface area contributed by atoms with Crippen LogP contribution in [0.25, 0.3) is 0 Å². The molecule has 1 aromatic rings. The van der Waals surface area contributed by atoms with Crippen LogP contribution in [0.5, 0.6) is 0 Å². The molecule has 2 N–H and O–H groups in total. The highest BCUT2D eigenvalue weighted by molar-refractivity contribution is 6.30. The Kier molecular flexibility index (Phi) is 5.62. The summed E-state index contributed by atoms with van der Waals surface area (Å²) in [7, 11) is 0. The molecule has 0 aliphatic rings. The maximum Gasteiger partial charge on any atom is 0.146 e. The lowest BCUT2D eigenvalue weighted by molar-refractivity contribution is 0.236. The minimum atomic E-state index is -0.354. The molecule has 2 nitrogen and oxygen atoms in total. The minimum Gasteiger partial charge on any atom is -0.329 e. The van der Waals surface area contributed by atoms with Crippen molar-refractivity contribution in [3.8, 4) is 0 Å². The summed E-state index contributed by atoms with van der Waals surface area (Å²) in [5.74, 6) is -0.354. The standard InChI is InChI=1S/C13H18ClFN2/c1-3-8-17(9-7-16)10(2)11-5-4-6-12(14)13(11)15/h3-6,10H,1,7-9,16H2,2H3. The van der Waals surface area contributed by atoms with Gasteiger partial charge >= 0.3 is 0 Å². The summed E-state index contributed by atoms with van der Waals surface area (Å²) in [5.41, 5.74) is 6.14. The number of hydrogen-bond donors (Lipinski definition) is 1. The first-order valence-electron chi connectivity index (χ1n) is 5.60. The van der Waals surface area contributed by atoms with Crippen LogP contribution in [0.4, 0.5) is 4.39 Å². The fourth-order valence-electron chi connectivity index (χ4n) is 1.81. The zero-order valence-electron chi connectivity index (χ0n) is 10.00. The van der Waals surface area contributed by atoms with E-state index >= 15 is 0 Å². The quantitative estimate of drug-likeness (QED) is 0.793. The van der Waals surface area contributed by atoms with Crippen molar-refractivity contribution in [2.45, 2.75) is 13.0 Å². The number of hydrogen-bond acceptors (Lipinski definition) is 2. The molecular formula is C13H18ClFN2. The van der Waals surface area contributed by atoms with E-state index in [0.29, 0.717) is 25.2 Å². The first-order valence-corrected chi connectivity index (χ1v) is 5.98. The molecule has 0 heterocycles. The molecule has 0 aliphatic heterocycles. The van der Waals surface area contributed by atoms with Gasteiger partial charge in [-0.25, -0.2) is 4.39 Å². The Labute approximate surface area is 107 Å². The molecule has 4 heteroatoms. The van der Waals surface area contributed by atoms with Gasteiger partial charge in [-0.1, -0.05) is 29.8 Å². The predicted molar refractivity (Wildman–Crippen MR) is 70.6 cm³/mol. The zero-order valence-corrected chi connectivity index (χ0v) is 10.8. The highest BCUT2D eigenvalue weighted by Gasteiger charge is 2.18. The van der Waals surface area contributed by atoms with E-state index in [0.717, 1.165) is 0 Å². The lowest BCUT2D eigenvalue weighted by atomic mass is 10.1. The molecule has 0 saturated carbocycles. The second kappa shape index (κ2) is 6.74. The van der Waals surface area contributed by atoms with E-state index < -0.39 is 0 Å². The lowest BCUT2D eigenvalue weighted by Crippen LogP contribution is -2.32. The van der Waals surface area contributed by atoms with E-state index in [1.807, 2.05) is 6.92 Å². The van der Waals surface area contributed by atoms with Crippen molar-refractivity contribution in [1.82, 2.24) is 4.90 Å². The van der Waals surface area contributed by atoms with Gasteiger partial charge in [0.25, 0.3) is 0 Å². The van der Waals surface area contributed by atoms with Crippen molar-refractivity contribution in [3.63, 3.8) is 0 Å². The van der Waals surface area contributed by atoms with Gasteiger partial charge in [0, 0.05) is 31.2 Å². The first kappa shape index (κ1) is 14.2. The van der Waals surface area contributed by atoms with Gasteiger partial charge in [0.2, 0.25) is 0 Å². The Bertz CT molecular complexity index is 382. The smallest absolute Gasteiger partial charge is 0.146 e. The SMILES string of the molecule is C=CCN(CCN)C(C)c1cccc(Cl)c1F. The zero-order chi connectivity index (χ0) is 12.8. The maximum absolute atomic E-state index is 13.9. The van der Waals surface area contributed by atoms with E-state index in [-0.39, 0.29) is 16.9 Å². The van der Waals surface area contributed by atoms with Crippen LogP contribution in [0.15, 0.2) is 30.9 Å². The molecule has 94 valence electrons. The Hall–Kier alpha value is -0.900. The summed E-state index contributed by atoms with van der Waals surface area (Å²) in [6.07, 6.45) is 1.79. The lowest BCUT2D eigenvalue weighted by Gasteiger charge is -2.28. The molecule has 17 heavy (non-hydrogen) atoms. The molecule has 0 fully saturated rings. The molecule has 0 aliphatic carbocycles. The Morgan fingerprint density at radius 3 is 2.88 bits per heavy atom. The second-order valence-electron chi connectivity index (χ2n) is 3.89. The monoisotopic (exact) mass is 256 g/mol. The highest BCUT2D eigenvalue weighted by atomic mass is 35.5. The van der Waals surface area contributed by atoms with E-state index in [9.17, 15) is 4.39 Å². The molecule has 1 unspecified atom stereocenters. The summed E-state index contributed by atoms with van der Waals surface area (Å²) in [6, 6.07) is 4.98. The molecule has 0 radical (unpaired) electrons. The second-order valence-corrected chi connectivity index (χ2v) is 4.30. The molecule has 1 rings (SSSR count). The molecule has 0 aromatic heterocycles. The predicted octanol–water partition coefficient (Wildman–Crippen LogP) is 2.99. The van der Waals surface area contributed by atoms with E-state index in [1.54, 1.807) is 24.3 Å². The minimum absolute atomic E-state index is 0.0738. The van der Waals surface area contributed by atoms with Gasteiger partial charge in [-0.3, -0.25) is 4.90 Å². The molecule has 0 spiro atoms. The third-order valence-corrected chi connectivity index (χ3v) is 3.05. The van der Waals surface area contributed by atoms with Crippen LogP contribution < -0.4 is 5.73 Å². The number of nitrogens with zero attached hydrogens (tertiary/aromatic N) is 1. The van der Waals surface area contributed by atoms with Crippen LogP contribution in [-0.4, -0.2) is 24.5 Å². The van der Waals surface area contributed by atoms with Crippen molar-refractivity contribution in [2.75, 3.05) is 19.6 Å². The van der Waals surface area contributed by atoms with Gasteiger partial charge in [-0.15, -0.1) is 6.58 Å². The topological polar surface area (TPSA) is 29.3 Å². The summed E-state index contributed by atoms with van der Waals surface area (Å²) in [6.45, 7) is 7.53. The van der Waals surface area contributed by atoms with Gasteiger partial charge in [0.1, 0.15) is 5.82 Å². The van der Waals surface area contributed by atoms with Gasteiger partial charge in [-0.05, 0) is 13.0 Å². The molecule has 1 atom stereocenters. The first-order chi connectivity index (χ1) is 8.11. The van der Waals surface area contributed by atoms with Gasteiger partial charge in [0.05, 0.1) is 5.02 Å². The van der Waals surface area contributed by atoms with Crippen LogP contribution in [0.3, 0.4) is 0 Å². The number of benzene rings is 1. The van der Waals surface area contributed by atoms with Crippen molar-refractivity contribution < 1.29 is 4.39 Å². The van der Waals surface area contributed by atoms with E-state index in [4.69, 9.17) is 17.3 Å². The van der Waals surface area contributed by atoms with Crippen LogP contribution in [-0.2, 0) is 0 Å². The Morgan fingerprint density at radius 2 is 2.29 bits per heavy atom. The fraction of sp³-hybridized carbons (Fsp3) is 0.385. The summed E-state index contributed by atoms with van der Waals surface area (Å²) < 4.78 is 13.9. The maximum atomic E-state index is 13.9. The highest BCUT2D eigenvalue weighted by Crippen LogP contribution is 2.26. The summed E-state index contributed by atoms with van der Waals surface area (Å²) in [5, 5.41) is 0.153.